The first-order valence-electron chi connectivity index (χ1n) is 8.89. The van der Waals surface area contributed by atoms with Gasteiger partial charge in [0.15, 0.2) is 15.9 Å². The zero-order valence-corrected chi connectivity index (χ0v) is 17.7. The van der Waals surface area contributed by atoms with E-state index >= 15 is 0 Å². The van der Waals surface area contributed by atoms with Crippen LogP contribution in [0.5, 0.6) is 0 Å². The van der Waals surface area contributed by atoms with Gasteiger partial charge in [0.05, 0.1) is 28.3 Å². The molecule has 0 aliphatic carbocycles. The van der Waals surface area contributed by atoms with E-state index in [-0.39, 0.29) is 28.3 Å². The van der Waals surface area contributed by atoms with Crippen molar-refractivity contribution in [1.82, 2.24) is 4.98 Å². The Balaban J connectivity index is 2.28. The van der Waals surface area contributed by atoms with Crippen molar-refractivity contribution in [2.45, 2.75) is 38.7 Å². The average molecular weight is 421 g/mol. The normalized spacial score (nSPS) is 12.3. The van der Waals surface area contributed by atoms with Crippen LogP contribution >= 0.6 is 0 Å². The molecule has 1 atom stereocenters. The van der Waals surface area contributed by atoms with Gasteiger partial charge in [0, 0.05) is 11.9 Å². The molecule has 0 bridgehead atoms. The first-order valence-corrected chi connectivity index (χ1v) is 10.8. The van der Waals surface area contributed by atoms with Gasteiger partial charge in [-0.15, -0.1) is 0 Å². The molecular formula is C20H23NO7S. The van der Waals surface area contributed by atoms with E-state index in [9.17, 15) is 22.8 Å². The van der Waals surface area contributed by atoms with Gasteiger partial charge in [0.25, 0.3) is 0 Å². The third-order valence-corrected chi connectivity index (χ3v) is 5.48. The number of rotatable bonds is 7. The molecule has 1 N–H and O–H groups in total. The zero-order chi connectivity index (χ0) is 21.9. The van der Waals surface area contributed by atoms with Crippen LogP contribution in [0.1, 0.15) is 56.3 Å². The number of carbonyl (C=O) groups is 3. The summed E-state index contributed by atoms with van der Waals surface area (Å²) in [5.74, 6) is -2.03. The summed E-state index contributed by atoms with van der Waals surface area (Å²) in [7, 11) is -3.65. The second kappa shape index (κ2) is 8.60. The van der Waals surface area contributed by atoms with E-state index in [1.54, 1.807) is 20.8 Å². The van der Waals surface area contributed by atoms with Crippen LogP contribution in [0, 0.1) is 13.8 Å². The van der Waals surface area contributed by atoms with Crippen LogP contribution in [0.3, 0.4) is 0 Å². The van der Waals surface area contributed by atoms with E-state index in [1.165, 1.54) is 31.2 Å². The molecule has 1 aromatic carbocycles. The number of hydrogen-bond donors (Lipinski definition) is 1. The van der Waals surface area contributed by atoms with Crippen LogP contribution < -0.4 is 0 Å². The molecule has 0 saturated heterocycles. The monoisotopic (exact) mass is 421 g/mol. The van der Waals surface area contributed by atoms with Crippen LogP contribution in [0.15, 0.2) is 29.2 Å². The summed E-state index contributed by atoms with van der Waals surface area (Å²) in [6, 6.07) is 5.60. The highest BCUT2D eigenvalue weighted by Crippen LogP contribution is 2.22. The van der Waals surface area contributed by atoms with Crippen LogP contribution in [-0.2, 0) is 19.3 Å². The summed E-state index contributed by atoms with van der Waals surface area (Å²) >= 11 is 0. The largest absolute Gasteiger partial charge is 0.462 e. The molecule has 9 heteroatoms. The fourth-order valence-electron chi connectivity index (χ4n) is 2.95. The molecule has 2 rings (SSSR count). The number of H-pyrrole nitrogens is 1. The second-order valence-corrected chi connectivity index (χ2v) is 8.51. The molecule has 0 aliphatic heterocycles. The minimum absolute atomic E-state index is 0.127. The smallest absolute Gasteiger partial charge is 0.340 e. The molecule has 156 valence electrons. The fraction of sp³-hybridized carbons (Fsp3) is 0.350. The van der Waals surface area contributed by atoms with Gasteiger partial charge in [0.1, 0.15) is 0 Å². The minimum atomic E-state index is -3.65. The average Bonchev–Trinajstić information content (AvgIpc) is 2.94. The fourth-order valence-corrected chi connectivity index (χ4v) is 3.82. The van der Waals surface area contributed by atoms with Crippen molar-refractivity contribution < 1.29 is 32.3 Å². The van der Waals surface area contributed by atoms with Gasteiger partial charge < -0.3 is 14.5 Å². The Morgan fingerprint density at radius 3 is 2.31 bits per heavy atom. The van der Waals surface area contributed by atoms with E-state index in [0.717, 1.165) is 6.26 Å². The van der Waals surface area contributed by atoms with Crippen molar-refractivity contribution in [2.75, 3.05) is 12.9 Å². The van der Waals surface area contributed by atoms with Crippen molar-refractivity contribution in [3.05, 3.63) is 52.3 Å². The molecular weight excluding hydrogens is 398 g/mol. The summed E-state index contributed by atoms with van der Waals surface area (Å²) in [4.78, 5) is 40.0. The van der Waals surface area contributed by atoms with Crippen LogP contribution in [0.2, 0.25) is 0 Å². The summed E-state index contributed by atoms with van der Waals surface area (Å²) in [6.45, 7) is 6.48. The SMILES string of the molecule is CCOC(=O)c1c(C)[nH]c(C(=O)[C@H](C)OC(=O)c2ccccc2S(C)(=O)=O)c1C. The molecule has 0 saturated carbocycles. The Morgan fingerprint density at radius 2 is 1.72 bits per heavy atom. The lowest BCUT2D eigenvalue weighted by Crippen LogP contribution is -2.26. The number of aryl methyl sites for hydroxylation is 1. The molecule has 0 radical (unpaired) electrons. The Bertz CT molecular complexity index is 1070. The Hall–Kier alpha value is -2.94. The van der Waals surface area contributed by atoms with E-state index in [0.29, 0.717) is 11.3 Å². The van der Waals surface area contributed by atoms with Crippen molar-refractivity contribution in [1.29, 1.82) is 0 Å². The maximum Gasteiger partial charge on any atom is 0.340 e. The first kappa shape index (κ1) is 22.4. The van der Waals surface area contributed by atoms with Gasteiger partial charge in [-0.25, -0.2) is 18.0 Å². The zero-order valence-electron chi connectivity index (χ0n) is 16.9. The number of hydrogen-bond acceptors (Lipinski definition) is 7. The van der Waals surface area contributed by atoms with Crippen molar-refractivity contribution in [3.8, 4) is 0 Å². The quantitative estimate of drug-likeness (QED) is 0.539. The Kier molecular flexibility index (Phi) is 6.63. The molecule has 29 heavy (non-hydrogen) atoms. The number of ketones is 1. The minimum Gasteiger partial charge on any atom is -0.462 e. The maximum atomic E-state index is 12.8. The van der Waals surface area contributed by atoms with Gasteiger partial charge in [0.2, 0.25) is 5.78 Å². The third-order valence-electron chi connectivity index (χ3n) is 4.32. The predicted octanol–water partition coefficient (Wildman–Crippen LogP) is 2.64. The van der Waals surface area contributed by atoms with Crippen LogP contribution in [-0.4, -0.2) is 50.1 Å². The molecule has 0 aliphatic rings. The van der Waals surface area contributed by atoms with Crippen molar-refractivity contribution >= 4 is 27.6 Å². The van der Waals surface area contributed by atoms with Crippen LogP contribution in [0.25, 0.3) is 0 Å². The summed E-state index contributed by atoms with van der Waals surface area (Å²) in [6.07, 6.45) is -0.225. The molecule has 0 fully saturated rings. The van der Waals surface area contributed by atoms with Crippen LogP contribution in [0.4, 0.5) is 0 Å². The molecule has 8 nitrogen and oxygen atoms in total. The topological polar surface area (TPSA) is 120 Å². The number of sulfone groups is 1. The second-order valence-electron chi connectivity index (χ2n) is 6.53. The number of aromatic nitrogens is 1. The van der Waals surface area contributed by atoms with E-state index < -0.39 is 33.7 Å². The molecule has 1 heterocycles. The summed E-state index contributed by atoms with van der Waals surface area (Å²) in [5, 5.41) is 0. The number of nitrogens with one attached hydrogen (secondary N) is 1. The lowest BCUT2D eigenvalue weighted by Gasteiger charge is -2.14. The molecule has 0 amide bonds. The third kappa shape index (κ3) is 4.73. The van der Waals surface area contributed by atoms with Gasteiger partial charge in [-0.2, -0.15) is 0 Å². The molecule has 0 spiro atoms. The highest BCUT2D eigenvalue weighted by atomic mass is 32.2. The summed E-state index contributed by atoms with van der Waals surface area (Å²) in [5.41, 5.74) is 1.09. The number of carbonyl (C=O) groups excluding carboxylic acids is 3. The van der Waals surface area contributed by atoms with E-state index in [1.807, 2.05) is 0 Å². The number of aromatic amines is 1. The molecule has 0 unspecified atom stereocenters. The van der Waals surface area contributed by atoms with Gasteiger partial charge in [-0.05, 0) is 45.4 Å². The number of Topliss-reactive ketones (excluding diaryl/α,β-unsaturated/α-hetero) is 1. The standard InChI is InChI=1S/C20H23NO7S/c1-6-27-20(24)16-11(2)17(21-12(16)3)18(22)13(4)28-19(23)14-9-7-8-10-15(14)29(5,25)26/h7-10,13,21H,6H2,1-5H3/t13-/m0/s1. The number of esters is 2. The Morgan fingerprint density at radius 1 is 1.10 bits per heavy atom. The van der Waals surface area contributed by atoms with Gasteiger partial charge in [-0.3, -0.25) is 4.79 Å². The highest BCUT2D eigenvalue weighted by molar-refractivity contribution is 7.90. The molecule has 2 aromatic rings. The summed E-state index contributed by atoms with van der Waals surface area (Å²) < 4.78 is 34.0. The lowest BCUT2D eigenvalue weighted by molar-refractivity contribution is 0.0313. The van der Waals surface area contributed by atoms with Crippen molar-refractivity contribution in [3.63, 3.8) is 0 Å². The van der Waals surface area contributed by atoms with E-state index in [4.69, 9.17) is 9.47 Å². The lowest BCUT2D eigenvalue weighted by atomic mass is 10.1. The van der Waals surface area contributed by atoms with E-state index in [2.05, 4.69) is 4.98 Å². The number of benzene rings is 1. The number of ether oxygens (including phenoxy) is 2. The highest BCUT2D eigenvalue weighted by Gasteiger charge is 2.29. The molecule has 1 aromatic heterocycles. The predicted molar refractivity (Wildman–Crippen MR) is 105 cm³/mol. The first-order chi connectivity index (χ1) is 13.5. The van der Waals surface area contributed by atoms with Gasteiger partial charge in [-0.1, -0.05) is 12.1 Å². The van der Waals surface area contributed by atoms with Gasteiger partial charge >= 0.3 is 11.9 Å². The Labute approximate surface area is 169 Å². The van der Waals surface area contributed by atoms with Crippen molar-refractivity contribution in [2.24, 2.45) is 0 Å². The maximum absolute atomic E-state index is 12.8.